The molecule has 0 heterocycles. The summed E-state index contributed by atoms with van der Waals surface area (Å²) >= 11 is 0. The van der Waals surface area contributed by atoms with Crippen molar-refractivity contribution >= 4 is 15.9 Å². The molecular weight excluding hydrogens is 362 g/mol. The maximum absolute atomic E-state index is 13.1. The smallest absolute Gasteiger partial charge is 0.268 e. The maximum atomic E-state index is 13.1. The quantitative estimate of drug-likeness (QED) is 0.834. The van der Waals surface area contributed by atoms with Crippen LogP contribution in [-0.2, 0) is 16.2 Å². The number of hydrogen-bond acceptors (Lipinski definition) is 3. The molecule has 0 saturated heterocycles. The van der Waals surface area contributed by atoms with Crippen LogP contribution in [0.5, 0.6) is 0 Å². The van der Waals surface area contributed by atoms with Gasteiger partial charge in [0, 0.05) is 5.56 Å². The first-order chi connectivity index (χ1) is 11.4. The van der Waals surface area contributed by atoms with E-state index in [0.717, 1.165) is 0 Å². The summed E-state index contributed by atoms with van der Waals surface area (Å²) in [5.41, 5.74) is -0.549. The molecule has 2 rings (SSSR count). The van der Waals surface area contributed by atoms with Gasteiger partial charge in [-0.05, 0) is 43.7 Å². The van der Waals surface area contributed by atoms with E-state index in [2.05, 4.69) is 0 Å². The van der Waals surface area contributed by atoms with Gasteiger partial charge in [-0.25, -0.2) is 17.5 Å². The van der Waals surface area contributed by atoms with Crippen LogP contribution < -0.4 is 4.72 Å². The van der Waals surface area contributed by atoms with E-state index in [1.165, 1.54) is 6.07 Å². The van der Waals surface area contributed by atoms with E-state index < -0.39 is 38.4 Å². The number of carbonyl (C=O) groups is 1. The molecule has 0 bridgehead atoms. The fourth-order valence-electron chi connectivity index (χ4n) is 2.17. The Kier molecular flexibility index (Phi) is 4.90. The van der Waals surface area contributed by atoms with Gasteiger partial charge in [-0.1, -0.05) is 17.7 Å². The lowest BCUT2D eigenvalue weighted by atomic mass is 10.1. The van der Waals surface area contributed by atoms with Gasteiger partial charge >= 0.3 is 6.18 Å². The molecule has 2 aromatic carbocycles. The van der Waals surface area contributed by atoms with Crippen molar-refractivity contribution in [1.82, 2.24) is 4.72 Å². The zero-order chi connectivity index (χ0) is 19.0. The molecule has 0 radical (unpaired) electrons. The third-order valence-electron chi connectivity index (χ3n) is 3.40. The standard InChI is InChI=1S/C16H13F4NO3S/c1-9-3-4-10(2)12(7-9)15(22)21-25(23,24)14-6-5-11(17)8-13(14)16(18,19)20/h3-8H,1-2H3,(H,21,22). The highest BCUT2D eigenvalue weighted by molar-refractivity contribution is 7.90. The van der Waals surface area contributed by atoms with Gasteiger partial charge in [0.25, 0.3) is 15.9 Å². The summed E-state index contributed by atoms with van der Waals surface area (Å²) in [5, 5.41) is 0. The number of sulfonamides is 1. The Morgan fingerprint density at radius 1 is 1.04 bits per heavy atom. The Hall–Kier alpha value is -2.42. The maximum Gasteiger partial charge on any atom is 0.417 e. The average Bonchev–Trinajstić information content (AvgIpc) is 2.48. The number of halogens is 4. The first kappa shape index (κ1) is 18.9. The highest BCUT2D eigenvalue weighted by atomic mass is 32.2. The van der Waals surface area contributed by atoms with Crippen molar-refractivity contribution in [2.24, 2.45) is 0 Å². The SMILES string of the molecule is Cc1ccc(C)c(C(=O)NS(=O)(=O)c2ccc(F)cc2C(F)(F)F)c1. The molecule has 0 aliphatic carbocycles. The van der Waals surface area contributed by atoms with E-state index in [4.69, 9.17) is 0 Å². The van der Waals surface area contributed by atoms with E-state index in [-0.39, 0.29) is 11.6 Å². The van der Waals surface area contributed by atoms with E-state index in [9.17, 15) is 30.8 Å². The van der Waals surface area contributed by atoms with Crippen molar-refractivity contribution in [2.45, 2.75) is 24.9 Å². The van der Waals surface area contributed by atoms with Crippen molar-refractivity contribution in [3.8, 4) is 0 Å². The fraction of sp³-hybridized carbons (Fsp3) is 0.188. The van der Waals surface area contributed by atoms with Gasteiger partial charge in [0.2, 0.25) is 0 Å². The first-order valence-corrected chi connectivity index (χ1v) is 8.41. The van der Waals surface area contributed by atoms with E-state index in [1.54, 1.807) is 30.7 Å². The molecular formula is C16H13F4NO3S. The molecule has 0 aromatic heterocycles. The fourth-order valence-corrected chi connectivity index (χ4v) is 3.35. The average molecular weight is 375 g/mol. The molecule has 0 spiro atoms. The summed E-state index contributed by atoms with van der Waals surface area (Å²) in [5.74, 6) is -2.31. The Bertz CT molecular complexity index is 937. The number of nitrogens with one attached hydrogen (secondary N) is 1. The number of benzene rings is 2. The van der Waals surface area contributed by atoms with Crippen molar-refractivity contribution in [1.29, 1.82) is 0 Å². The molecule has 0 aliphatic rings. The van der Waals surface area contributed by atoms with Crippen LogP contribution in [0.2, 0.25) is 0 Å². The summed E-state index contributed by atoms with van der Waals surface area (Å²) in [6.07, 6.45) is -5.10. The van der Waals surface area contributed by atoms with Gasteiger partial charge in [-0.3, -0.25) is 4.79 Å². The van der Waals surface area contributed by atoms with Crippen molar-refractivity contribution in [2.75, 3.05) is 0 Å². The zero-order valence-electron chi connectivity index (χ0n) is 13.1. The second-order valence-electron chi connectivity index (χ2n) is 5.39. The number of amides is 1. The predicted octanol–water partition coefficient (Wildman–Crippen LogP) is 3.58. The van der Waals surface area contributed by atoms with Crippen LogP contribution in [-0.4, -0.2) is 14.3 Å². The minimum Gasteiger partial charge on any atom is -0.268 e. The van der Waals surface area contributed by atoms with Crippen molar-refractivity contribution < 1.29 is 30.8 Å². The van der Waals surface area contributed by atoms with Crippen LogP contribution in [0.1, 0.15) is 27.0 Å². The topological polar surface area (TPSA) is 63.2 Å². The van der Waals surface area contributed by atoms with Crippen molar-refractivity contribution in [3.05, 3.63) is 64.5 Å². The van der Waals surface area contributed by atoms with Crippen molar-refractivity contribution in [3.63, 3.8) is 0 Å². The van der Waals surface area contributed by atoms with Gasteiger partial charge in [0.1, 0.15) is 5.82 Å². The molecule has 0 unspecified atom stereocenters. The van der Waals surface area contributed by atoms with Crippen LogP contribution in [0.4, 0.5) is 17.6 Å². The van der Waals surface area contributed by atoms with Gasteiger partial charge in [-0.15, -0.1) is 0 Å². The minimum atomic E-state index is -5.10. The molecule has 4 nitrogen and oxygen atoms in total. The number of rotatable bonds is 3. The van der Waals surface area contributed by atoms with E-state index >= 15 is 0 Å². The van der Waals surface area contributed by atoms with Gasteiger partial charge in [-0.2, -0.15) is 13.2 Å². The summed E-state index contributed by atoms with van der Waals surface area (Å²) in [7, 11) is -4.85. The zero-order valence-corrected chi connectivity index (χ0v) is 13.9. The normalized spacial score (nSPS) is 12.1. The molecule has 1 amide bonds. The molecule has 1 N–H and O–H groups in total. The Morgan fingerprint density at radius 2 is 1.68 bits per heavy atom. The van der Waals surface area contributed by atoms with Crippen LogP contribution in [0.25, 0.3) is 0 Å². The number of hydrogen-bond donors (Lipinski definition) is 1. The number of aryl methyl sites for hydroxylation is 2. The number of alkyl halides is 3. The lowest BCUT2D eigenvalue weighted by Gasteiger charge is -2.14. The molecule has 0 saturated carbocycles. The predicted molar refractivity (Wildman–Crippen MR) is 82.0 cm³/mol. The highest BCUT2D eigenvalue weighted by Gasteiger charge is 2.38. The Labute approximate surface area is 141 Å². The van der Waals surface area contributed by atoms with Crippen LogP contribution in [0.3, 0.4) is 0 Å². The minimum absolute atomic E-state index is 0.0132. The van der Waals surface area contributed by atoms with Crippen LogP contribution in [0, 0.1) is 19.7 Å². The van der Waals surface area contributed by atoms with E-state index in [1.807, 2.05) is 0 Å². The molecule has 0 atom stereocenters. The number of carbonyl (C=O) groups excluding carboxylic acids is 1. The molecule has 2 aromatic rings. The molecule has 9 heteroatoms. The third kappa shape index (κ3) is 4.16. The Balaban J connectivity index is 2.47. The first-order valence-electron chi connectivity index (χ1n) is 6.93. The van der Waals surface area contributed by atoms with Gasteiger partial charge < -0.3 is 0 Å². The summed E-state index contributed by atoms with van der Waals surface area (Å²) in [6.45, 7) is 3.23. The lowest BCUT2D eigenvalue weighted by Crippen LogP contribution is -2.32. The monoisotopic (exact) mass is 375 g/mol. The molecule has 0 fully saturated rings. The van der Waals surface area contributed by atoms with Crippen LogP contribution >= 0.6 is 0 Å². The molecule has 134 valence electrons. The lowest BCUT2D eigenvalue weighted by molar-refractivity contribution is -0.140. The highest BCUT2D eigenvalue weighted by Crippen LogP contribution is 2.34. The Morgan fingerprint density at radius 3 is 2.28 bits per heavy atom. The second kappa shape index (κ2) is 6.47. The summed E-state index contributed by atoms with van der Waals surface area (Å²) in [6, 6.07) is 5.80. The molecule has 0 aliphatic heterocycles. The van der Waals surface area contributed by atoms with E-state index in [0.29, 0.717) is 23.3 Å². The summed E-state index contributed by atoms with van der Waals surface area (Å²) in [4.78, 5) is 11.0. The van der Waals surface area contributed by atoms with Crippen LogP contribution in [0.15, 0.2) is 41.3 Å². The van der Waals surface area contributed by atoms with Gasteiger partial charge in [0.15, 0.2) is 0 Å². The summed E-state index contributed by atoms with van der Waals surface area (Å²) < 4.78 is 78.2. The largest absolute Gasteiger partial charge is 0.417 e. The molecule has 25 heavy (non-hydrogen) atoms. The third-order valence-corrected chi connectivity index (χ3v) is 4.79. The second-order valence-corrected chi connectivity index (χ2v) is 7.04. The van der Waals surface area contributed by atoms with Gasteiger partial charge in [0.05, 0.1) is 10.5 Å².